The normalized spacial score (nSPS) is 27.5. The molecular formula is C29H48N4O9. The number of nitrogens with one attached hydrogen (secondary N) is 1. The summed E-state index contributed by atoms with van der Waals surface area (Å²) in [4.78, 5) is 52.3. The van der Waals surface area contributed by atoms with Crippen LogP contribution in [0.3, 0.4) is 0 Å². The molecule has 3 rings (SSSR count). The van der Waals surface area contributed by atoms with Gasteiger partial charge in [-0.15, -0.1) is 0 Å². The molecule has 238 valence electrons. The molecule has 0 radical (unpaired) electrons. The van der Waals surface area contributed by atoms with Gasteiger partial charge in [0, 0.05) is 25.2 Å². The lowest BCUT2D eigenvalue weighted by atomic mass is 9.99. The van der Waals surface area contributed by atoms with E-state index in [1.807, 2.05) is 4.98 Å². The van der Waals surface area contributed by atoms with Crippen LogP contribution in [0.5, 0.6) is 0 Å². The van der Waals surface area contributed by atoms with Crippen LogP contribution in [0.15, 0.2) is 21.9 Å². The number of amides is 1. The number of carbonyl (C=O) groups excluding carboxylic acids is 1. The molecule has 0 bridgehead atoms. The van der Waals surface area contributed by atoms with Gasteiger partial charge in [0.15, 0.2) is 12.3 Å². The lowest BCUT2D eigenvalue weighted by Gasteiger charge is -2.27. The molecule has 1 aromatic heterocycles. The number of rotatable bonds is 18. The Hall–Kier alpha value is -2.58. The molecular weight excluding hydrogens is 548 g/mol. The number of hydrogen-bond donors (Lipinski definition) is 5. The first-order valence-electron chi connectivity index (χ1n) is 15.4. The number of aliphatic hydroxyl groups excluding tert-OH is 2. The Morgan fingerprint density at radius 1 is 0.881 bits per heavy atom. The summed E-state index contributed by atoms with van der Waals surface area (Å²) < 4.78 is 12.5. The van der Waals surface area contributed by atoms with Crippen molar-refractivity contribution >= 4 is 11.9 Å². The van der Waals surface area contributed by atoms with Crippen molar-refractivity contribution in [2.24, 2.45) is 5.73 Å². The van der Waals surface area contributed by atoms with Crippen molar-refractivity contribution in [3.8, 4) is 0 Å². The molecule has 0 saturated carbocycles. The maximum Gasteiger partial charge on any atom is 0.330 e. The van der Waals surface area contributed by atoms with Crippen molar-refractivity contribution in [2.75, 3.05) is 6.54 Å². The van der Waals surface area contributed by atoms with Gasteiger partial charge in [-0.2, -0.15) is 0 Å². The maximum absolute atomic E-state index is 13.2. The molecule has 7 atom stereocenters. The van der Waals surface area contributed by atoms with Gasteiger partial charge in [0.25, 0.3) is 5.56 Å². The van der Waals surface area contributed by atoms with Crippen LogP contribution in [0.4, 0.5) is 0 Å². The summed E-state index contributed by atoms with van der Waals surface area (Å²) in [6.07, 6.45) is 7.75. The molecule has 6 N–H and O–H groups in total. The zero-order chi connectivity index (χ0) is 30.6. The predicted molar refractivity (Wildman–Crippen MR) is 154 cm³/mol. The van der Waals surface area contributed by atoms with Crippen molar-refractivity contribution < 1.29 is 34.4 Å². The van der Waals surface area contributed by atoms with Crippen LogP contribution in [0.2, 0.25) is 0 Å². The van der Waals surface area contributed by atoms with E-state index in [9.17, 15) is 34.5 Å². The van der Waals surface area contributed by atoms with Crippen LogP contribution in [0.25, 0.3) is 0 Å². The lowest BCUT2D eigenvalue weighted by Crippen LogP contribution is -2.53. The minimum Gasteiger partial charge on any atom is -0.480 e. The zero-order valence-electron chi connectivity index (χ0n) is 24.6. The Balaban J connectivity index is 1.50. The monoisotopic (exact) mass is 596 g/mol. The number of aliphatic carboxylic acids is 1. The largest absolute Gasteiger partial charge is 0.480 e. The van der Waals surface area contributed by atoms with Gasteiger partial charge in [0.2, 0.25) is 5.91 Å². The van der Waals surface area contributed by atoms with Crippen molar-refractivity contribution in [1.82, 2.24) is 14.5 Å². The number of carbonyl (C=O) groups is 2. The second kappa shape index (κ2) is 16.9. The summed E-state index contributed by atoms with van der Waals surface area (Å²) in [5.74, 6) is -1.80. The van der Waals surface area contributed by atoms with Gasteiger partial charge in [-0.05, 0) is 6.42 Å². The van der Waals surface area contributed by atoms with Crippen LogP contribution < -0.4 is 17.0 Å². The number of aliphatic hydroxyl groups is 2. The summed E-state index contributed by atoms with van der Waals surface area (Å²) >= 11 is 0. The molecule has 2 fully saturated rings. The second-order valence-electron chi connectivity index (χ2n) is 11.4. The highest BCUT2D eigenvalue weighted by molar-refractivity contribution is 5.85. The third-order valence-electron chi connectivity index (χ3n) is 8.20. The van der Waals surface area contributed by atoms with Gasteiger partial charge in [-0.1, -0.05) is 84.0 Å². The molecule has 2 aliphatic rings. The minimum atomic E-state index is -1.64. The number of carboxylic acid groups (broad SMARTS) is 1. The average Bonchev–Trinajstić information content (AvgIpc) is 3.49. The van der Waals surface area contributed by atoms with E-state index in [1.54, 1.807) is 0 Å². The lowest BCUT2D eigenvalue weighted by molar-refractivity contribution is -0.152. The fourth-order valence-corrected chi connectivity index (χ4v) is 5.90. The first-order chi connectivity index (χ1) is 20.2. The summed E-state index contributed by atoms with van der Waals surface area (Å²) in [5, 5.41) is 31.4. The molecule has 1 amide bonds. The van der Waals surface area contributed by atoms with E-state index in [1.165, 1.54) is 57.8 Å². The predicted octanol–water partition coefficient (Wildman–Crippen LogP) is 1.60. The Labute approximate surface area is 246 Å². The van der Waals surface area contributed by atoms with Crippen molar-refractivity contribution in [2.45, 2.75) is 140 Å². The summed E-state index contributed by atoms with van der Waals surface area (Å²) in [6, 6.07) is -0.476. The molecule has 3 heterocycles. The fourth-order valence-electron chi connectivity index (χ4n) is 5.90. The molecule has 2 unspecified atom stereocenters. The van der Waals surface area contributed by atoms with Gasteiger partial charge in [0.1, 0.15) is 30.6 Å². The van der Waals surface area contributed by atoms with E-state index in [4.69, 9.17) is 15.2 Å². The number of aromatic amines is 1. The van der Waals surface area contributed by atoms with E-state index < -0.39 is 66.0 Å². The summed E-state index contributed by atoms with van der Waals surface area (Å²) in [7, 11) is 0. The number of H-pyrrole nitrogens is 1. The number of unbranched alkanes of at least 4 members (excludes halogenated alkanes) is 12. The van der Waals surface area contributed by atoms with Gasteiger partial charge in [-0.3, -0.25) is 24.0 Å². The quantitative estimate of drug-likeness (QED) is 0.155. The van der Waals surface area contributed by atoms with Crippen LogP contribution in [0.1, 0.15) is 103 Å². The van der Waals surface area contributed by atoms with E-state index in [2.05, 4.69) is 6.92 Å². The molecule has 42 heavy (non-hydrogen) atoms. The molecule has 13 heteroatoms. The van der Waals surface area contributed by atoms with Gasteiger partial charge >= 0.3 is 11.7 Å². The van der Waals surface area contributed by atoms with E-state index in [0.717, 1.165) is 41.0 Å². The first kappa shape index (κ1) is 33.9. The molecule has 0 spiro atoms. The number of ether oxygens (including phenoxy) is 2. The molecule has 2 saturated heterocycles. The van der Waals surface area contributed by atoms with Gasteiger partial charge in [-0.25, -0.2) is 9.59 Å². The number of carboxylic acids is 1. The smallest absolute Gasteiger partial charge is 0.330 e. The number of hydrogen-bond acceptors (Lipinski definition) is 9. The Morgan fingerprint density at radius 3 is 1.98 bits per heavy atom. The summed E-state index contributed by atoms with van der Waals surface area (Å²) in [5.41, 5.74) is 4.29. The molecule has 0 aromatic carbocycles. The third kappa shape index (κ3) is 8.73. The molecule has 1 aromatic rings. The minimum absolute atomic E-state index is 0.125. The van der Waals surface area contributed by atoms with Crippen LogP contribution in [-0.4, -0.2) is 84.9 Å². The number of aromatic nitrogens is 2. The zero-order valence-corrected chi connectivity index (χ0v) is 24.6. The molecule has 2 aliphatic heterocycles. The standard InChI is InChI=1S/C29H48N4O9/c1-2-3-4-5-6-7-8-9-10-11-12-13-14-15-20(35)33-21(18-30)41-25(22(33)28(38)39)26-23(36)24(37)27(42-26)32-17-16-19(34)31-29(32)40/h16-17,21-27,36-37H,2-15,18,30H2,1H3,(H,38,39)(H,31,34,40)/t21-,22+,23?,24?,25+,26+,27-/m1/s1. The Kier molecular flexibility index (Phi) is 13.6. The molecule has 0 aliphatic carbocycles. The first-order valence-corrected chi connectivity index (χ1v) is 15.4. The van der Waals surface area contributed by atoms with Gasteiger partial charge in [0.05, 0.1) is 0 Å². The van der Waals surface area contributed by atoms with Crippen molar-refractivity contribution in [3.63, 3.8) is 0 Å². The number of nitrogens with zero attached hydrogens (tertiary/aromatic N) is 2. The van der Waals surface area contributed by atoms with Gasteiger partial charge < -0.3 is 30.5 Å². The Morgan fingerprint density at radius 2 is 1.45 bits per heavy atom. The second-order valence-corrected chi connectivity index (χ2v) is 11.4. The maximum atomic E-state index is 13.2. The number of nitrogens with two attached hydrogens (primary N) is 1. The van der Waals surface area contributed by atoms with Crippen LogP contribution in [-0.2, 0) is 19.1 Å². The fraction of sp³-hybridized carbons (Fsp3) is 0.793. The van der Waals surface area contributed by atoms with Crippen LogP contribution in [0, 0.1) is 0 Å². The molecule has 13 nitrogen and oxygen atoms in total. The highest BCUT2D eigenvalue weighted by Gasteiger charge is 2.57. The SMILES string of the molecule is CCCCCCCCCCCCCCCC(=O)N1[C@H](C(=O)O)[C@@H]([C@H]2O[C@@H](n3ccc(=O)[nH]c3=O)C(O)C2O)O[C@@H]1CN. The highest BCUT2D eigenvalue weighted by atomic mass is 16.6. The highest BCUT2D eigenvalue weighted by Crippen LogP contribution is 2.37. The topological polar surface area (TPSA) is 197 Å². The van der Waals surface area contributed by atoms with E-state index in [0.29, 0.717) is 6.42 Å². The Bertz CT molecular complexity index is 1110. The van der Waals surface area contributed by atoms with Crippen molar-refractivity contribution in [3.05, 3.63) is 33.1 Å². The van der Waals surface area contributed by atoms with E-state index >= 15 is 0 Å². The van der Waals surface area contributed by atoms with Crippen molar-refractivity contribution in [1.29, 1.82) is 0 Å². The van der Waals surface area contributed by atoms with Crippen LogP contribution >= 0.6 is 0 Å². The summed E-state index contributed by atoms with van der Waals surface area (Å²) in [6.45, 7) is 2.04. The van der Waals surface area contributed by atoms with E-state index in [-0.39, 0.29) is 13.0 Å². The third-order valence-corrected chi connectivity index (χ3v) is 8.20. The average molecular weight is 597 g/mol.